The van der Waals surface area contributed by atoms with Crippen molar-refractivity contribution >= 4 is 51.1 Å². The first-order valence-corrected chi connectivity index (χ1v) is 10.2. The maximum Gasteiger partial charge on any atom is 0.342 e. The molecule has 0 saturated carbocycles. The Morgan fingerprint density at radius 3 is 2.43 bits per heavy atom. The van der Waals surface area contributed by atoms with Gasteiger partial charge in [0.15, 0.2) is 6.61 Å². The molecule has 2 amide bonds. The Labute approximate surface area is 170 Å². The van der Waals surface area contributed by atoms with Crippen molar-refractivity contribution in [3.8, 4) is 10.4 Å². The molecule has 0 aliphatic rings. The summed E-state index contributed by atoms with van der Waals surface area (Å²) in [5, 5.41) is 9.42. The molecule has 3 aromatic rings. The number of carbonyl (C=O) groups is 3. The minimum atomic E-state index is -0.660. The number of nitrogens with one attached hydrogen (secondary N) is 2. The summed E-state index contributed by atoms with van der Waals surface area (Å²) in [5.74, 6) is -1.38. The zero-order chi connectivity index (χ0) is 20.1. The Kier molecular flexibility index (Phi) is 6.23. The van der Waals surface area contributed by atoms with E-state index in [1.54, 1.807) is 17.5 Å². The quantitative estimate of drug-likeness (QED) is 0.580. The van der Waals surface area contributed by atoms with Gasteiger partial charge in [0.2, 0.25) is 5.91 Å². The number of aryl methyl sites for hydroxylation is 1. The van der Waals surface area contributed by atoms with Gasteiger partial charge in [-0.25, -0.2) is 4.79 Å². The smallest absolute Gasteiger partial charge is 0.342 e. The fourth-order valence-corrected chi connectivity index (χ4v) is 4.28. The van der Waals surface area contributed by atoms with E-state index >= 15 is 0 Å². The van der Waals surface area contributed by atoms with Crippen LogP contribution in [0.4, 0.5) is 10.7 Å². The van der Waals surface area contributed by atoms with Crippen molar-refractivity contribution in [2.75, 3.05) is 17.2 Å². The van der Waals surface area contributed by atoms with Crippen LogP contribution in [-0.2, 0) is 14.3 Å². The van der Waals surface area contributed by atoms with Crippen LogP contribution in [0.15, 0.2) is 47.2 Å². The second-order valence-electron chi connectivity index (χ2n) is 6.00. The lowest BCUT2D eigenvalue weighted by Crippen LogP contribution is -2.21. The van der Waals surface area contributed by atoms with Gasteiger partial charge in [-0.05, 0) is 30.5 Å². The number of carbonyl (C=O) groups excluding carboxylic acids is 3. The Bertz CT molecular complexity index is 992. The molecule has 1 aromatic carbocycles. The maximum atomic E-state index is 12.7. The predicted molar refractivity (Wildman–Crippen MR) is 112 cm³/mol. The van der Waals surface area contributed by atoms with Gasteiger partial charge >= 0.3 is 5.97 Å². The van der Waals surface area contributed by atoms with Gasteiger partial charge in [0, 0.05) is 28.4 Å². The highest BCUT2D eigenvalue weighted by Gasteiger charge is 2.23. The molecular formula is C20H18N2O4S2. The minimum Gasteiger partial charge on any atom is -0.452 e. The van der Waals surface area contributed by atoms with Gasteiger partial charge < -0.3 is 15.4 Å². The highest BCUT2D eigenvalue weighted by atomic mass is 32.1. The van der Waals surface area contributed by atoms with Gasteiger partial charge in [-0.2, -0.15) is 0 Å². The van der Waals surface area contributed by atoms with E-state index in [-0.39, 0.29) is 11.5 Å². The summed E-state index contributed by atoms with van der Waals surface area (Å²) in [6, 6.07) is 11.1. The molecule has 0 saturated heterocycles. The zero-order valence-electron chi connectivity index (χ0n) is 15.3. The van der Waals surface area contributed by atoms with E-state index in [1.807, 2.05) is 36.6 Å². The van der Waals surface area contributed by atoms with Crippen LogP contribution < -0.4 is 10.6 Å². The first-order chi connectivity index (χ1) is 13.4. The van der Waals surface area contributed by atoms with E-state index < -0.39 is 18.5 Å². The summed E-state index contributed by atoms with van der Waals surface area (Å²) in [5.41, 5.74) is 2.63. The van der Waals surface area contributed by atoms with Crippen molar-refractivity contribution in [3.05, 3.63) is 58.3 Å². The van der Waals surface area contributed by atoms with E-state index in [2.05, 4.69) is 10.6 Å². The number of hydrogen-bond acceptors (Lipinski definition) is 6. The fraction of sp³-hybridized carbons (Fsp3) is 0.150. The van der Waals surface area contributed by atoms with Crippen molar-refractivity contribution < 1.29 is 19.1 Å². The molecule has 144 valence electrons. The molecule has 6 nitrogen and oxygen atoms in total. The van der Waals surface area contributed by atoms with Crippen molar-refractivity contribution in [1.29, 1.82) is 0 Å². The fourth-order valence-electron chi connectivity index (χ4n) is 2.46. The van der Waals surface area contributed by atoms with Crippen LogP contribution in [0.2, 0.25) is 0 Å². The third-order valence-electron chi connectivity index (χ3n) is 3.74. The molecule has 0 bridgehead atoms. The summed E-state index contributed by atoms with van der Waals surface area (Å²) in [4.78, 5) is 37.1. The van der Waals surface area contributed by atoms with Crippen LogP contribution in [0.5, 0.6) is 0 Å². The number of anilines is 2. The van der Waals surface area contributed by atoms with Gasteiger partial charge in [0.05, 0.1) is 0 Å². The Hall–Kier alpha value is -2.97. The third kappa shape index (κ3) is 4.85. The van der Waals surface area contributed by atoms with Gasteiger partial charge in [-0.1, -0.05) is 23.8 Å². The average Bonchev–Trinajstić information content (AvgIpc) is 3.31. The Morgan fingerprint density at radius 2 is 1.79 bits per heavy atom. The molecule has 2 N–H and O–H groups in total. The summed E-state index contributed by atoms with van der Waals surface area (Å²) in [6.45, 7) is 2.90. The number of esters is 1. The second kappa shape index (κ2) is 8.81. The topological polar surface area (TPSA) is 84.5 Å². The largest absolute Gasteiger partial charge is 0.452 e. The first-order valence-electron chi connectivity index (χ1n) is 8.40. The van der Waals surface area contributed by atoms with Crippen LogP contribution in [0, 0.1) is 6.92 Å². The lowest BCUT2D eigenvalue weighted by Gasteiger charge is -2.09. The molecule has 0 fully saturated rings. The van der Waals surface area contributed by atoms with E-state index in [4.69, 9.17) is 4.74 Å². The molecule has 8 heteroatoms. The van der Waals surface area contributed by atoms with Gasteiger partial charge in [-0.15, -0.1) is 22.7 Å². The maximum absolute atomic E-state index is 12.7. The van der Waals surface area contributed by atoms with E-state index in [0.717, 1.165) is 10.4 Å². The number of thiophene rings is 2. The summed E-state index contributed by atoms with van der Waals surface area (Å²) in [6.07, 6.45) is 0. The van der Waals surface area contributed by atoms with Crippen LogP contribution >= 0.6 is 22.7 Å². The van der Waals surface area contributed by atoms with Crippen molar-refractivity contribution in [3.63, 3.8) is 0 Å². The number of rotatable bonds is 6. The summed E-state index contributed by atoms with van der Waals surface area (Å²) < 4.78 is 5.21. The molecule has 2 aromatic heterocycles. The van der Waals surface area contributed by atoms with Crippen LogP contribution in [0.1, 0.15) is 22.8 Å². The standard InChI is InChI=1S/C20H18N2O4S2/c1-12-5-7-14(8-6-12)22-17(24)10-26-20(25)18-15(16-4-3-9-27-16)11-28-19(18)21-13(2)23/h3-9,11H,10H2,1-2H3,(H,21,23)(H,22,24). The van der Waals surface area contributed by atoms with Gasteiger partial charge in [0.25, 0.3) is 5.91 Å². The van der Waals surface area contributed by atoms with Crippen molar-refractivity contribution in [2.45, 2.75) is 13.8 Å². The van der Waals surface area contributed by atoms with Gasteiger partial charge in [0.1, 0.15) is 10.6 Å². The third-order valence-corrected chi connectivity index (χ3v) is 5.54. The van der Waals surface area contributed by atoms with Crippen LogP contribution in [0.3, 0.4) is 0 Å². The lowest BCUT2D eigenvalue weighted by atomic mass is 10.1. The molecule has 28 heavy (non-hydrogen) atoms. The lowest BCUT2D eigenvalue weighted by molar-refractivity contribution is -0.119. The molecule has 0 radical (unpaired) electrons. The highest BCUT2D eigenvalue weighted by molar-refractivity contribution is 7.17. The molecular weight excluding hydrogens is 396 g/mol. The van der Waals surface area contributed by atoms with Crippen molar-refractivity contribution in [2.24, 2.45) is 0 Å². The average molecular weight is 415 g/mol. The molecule has 0 spiro atoms. The second-order valence-corrected chi connectivity index (χ2v) is 7.83. The van der Waals surface area contributed by atoms with E-state index in [1.165, 1.54) is 29.6 Å². The molecule has 0 aliphatic carbocycles. The molecule has 2 heterocycles. The minimum absolute atomic E-state index is 0.255. The van der Waals surface area contributed by atoms with Crippen molar-refractivity contribution in [1.82, 2.24) is 0 Å². The Balaban J connectivity index is 1.72. The van der Waals surface area contributed by atoms with Crippen LogP contribution in [-0.4, -0.2) is 24.4 Å². The molecule has 0 aliphatic heterocycles. The van der Waals surface area contributed by atoms with Crippen LogP contribution in [0.25, 0.3) is 10.4 Å². The molecule has 0 atom stereocenters. The zero-order valence-corrected chi connectivity index (χ0v) is 16.9. The van der Waals surface area contributed by atoms with Gasteiger partial charge in [-0.3, -0.25) is 9.59 Å². The number of hydrogen-bond donors (Lipinski definition) is 2. The Morgan fingerprint density at radius 1 is 1.04 bits per heavy atom. The summed E-state index contributed by atoms with van der Waals surface area (Å²) >= 11 is 2.72. The number of benzene rings is 1. The molecule has 3 rings (SSSR count). The normalized spacial score (nSPS) is 10.4. The highest BCUT2D eigenvalue weighted by Crippen LogP contribution is 2.38. The first kappa shape index (κ1) is 19.8. The summed E-state index contributed by atoms with van der Waals surface area (Å²) in [7, 11) is 0. The molecule has 0 unspecified atom stereocenters. The SMILES string of the molecule is CC(=O)Nc1scc(-c2cccs2)c1C(=O)OCC(=O)Nc1ccc(C)cc1. The van der Waals surface area contributed by atoms with E-state index in [9.17, 15) is 14.4 Å². The van der Waals surface area contributed by atoms with E-state index in [0.29, 0.717) is 16.3 Å². The number of amides is 2. The monoisotopic (exact) mass is 414 g/mol. The predicted octanol–water partition coefficient (Wildman–Crippen LogP) is 4.54. The number of ether oxygens (including phenoxy) is 1.